The summed E-state index contributed by atoms with van der Waals surface area (Å²) >= 11 is 0. The molecule has 0 radical (unpaired) electrons. The van der Waals surface area contributed by atoms with Gasteiger partial charge in [0.2, 0.25) is 0 Å². The van der Waals surface area contributed by atoms with Crippen LogP contribution in [0.1, 0.15) is 18.5 Å². The molecule has 0 saturated carbocycles. The molecular formula is C15H22N4O2. The first-order chi connectivity index (χ1) is 10.1. The van der Waals surface area contributed by atoms with Crippen molar-refractivity contribution in [1.29, 1.82) is 0 Å². The van der Waals surface area contributed by atoms with Gasteiger partial charge >= 0.3 is 0 Å². The molecule has 1 atom stereocenters. The van der Waals surface area contributed by atoms with E-state index in [1.807, 2.05) is 6.07 Å². The Morgan fingerprint density at radius 1 is 1.29 bits per heavy atom. The number of hydrogen-bond donors (Lipinski definition) is 1. The number of nitro benzene ring substituents is 1. The van der Waals surface area contributed by atoms with Gasteiger partial charge in [-0.3, -0.25) is 19.9 Å². The van der Waals surface area contributed by atoms with Crippen LogP contribution in [-0.4, -0.2) is 60.0 Å². The molecule has 114 valence electrons. The van der Waals surface area contributed by atoms with Gasteiger partial charge in [0.15, 0.2) is 0 Å². The van der Waals surface area contributed by atoms with Gasteiger partial charge in [-0.1, -0.05) is 12.1 Å². The highest BCUT2D eigenvalue weighted by Gasteiger charge is 2.29. The smallest absolute Gasteiger partial charge is 0.269 e. The van der Waals surface area contributed by atoms with Crippen LogP contribution in [0.4, 0.5) is 5.69 Å². The SMILES string of the molecule is CC(c1cccc([N+](=O)[O-])c1)N1CCN(C2CNC2)CC1. The van der Waals surface area contributed by atoms with E-state index in [9.17, 15) is 10.1 Å². The molecule has 2 aliphatic rings. The molecule has 3 rings (SSSR count). The van der Waals surface area contributed by atoms with Gasteiger partial charge in [-0.2, -0.15) is 0 Å². The number of rotatable bonds is 4. The van der Waals surface area contributed by atoms with Gasteiger partial charge in [-0.15, -0.1) is 0 Å². The predicted molar refractivity (Wildman–Crippen MR) is 81.3 cm³/mol. The summed E-state index contributed by atoms with van der Waals surface area (Å²) in [6, 6.07) is 7.96. The van der Waals surface area contributed by atoms with Crippen molar-refractivity contribution in [3.8, 4) is 0 Å². The zero-order chi connectivity index (χ0) is 14.8. The minimum Gasteiger partial charge on any atom is -0.314 e. The van der Waals surface area contributed by atoms with Gasteiger partial charge in [-0.05, 0) is 12.5 Å². The van der Waals surface area contributed by atoms with Gasteiger partial charge in [0.1, 0.15) is 0 Å². The highest BCUT2D eigenvalue weighted by Crippen LogP contribution is 2.25. The molecule has 1 unspecified atom stereocenters. The maximum Gasteiger partial charge on any atom is 0.269 e. The topological polar surface area (TPSA) is 61.7 Å². The highest BCUT2D eigenvalue weighted by molar-refractivity contribution is 5.35. The van der Waals surface area contributed by atoms with E-state index in [1.54, 1.807) is 18.2 Å². The Morgan fingerprint density at radius 3 is 2.57 bits per heavy atom. The van der Waals surface area contributed by atoms with Crippen molar-refractivity contribution in [2.24, 2.45) is 0 Å². The third-order valence-corrected chi connectivity index (χ3v) is 4.74. The van der Waals surface area contributed by atoms with E-state index >= 15 is 0 Å². The second kappa shape index (κ2) is 6.09. The number of nitrogens with one attached hydrogen (secondary N) is 1. The maximum atomic E-state index is 10.9. The summed E-state index contributed by atoms with van der Waals surface area (Å²) in [4.78, 5) is 15.5. The first-order valence-corrected chi connectivity index (χ1v) is 7.58. The molecule has 6 nitrogen and oxygen atoms in total. The summed E-state index contributed by atoms with van der Waals surface area (Å²) in [5.41, 5.74) is 1.21. The number of nitrogens with zero attached hydrogens (tertiary/aromatic N) is 3. The molecule has 0 bridgehead atoms. The predicted octanol–water partition coefficient (Wildman–Crippen LogP) is 1.25. The van der Waals surface area contributed by atoms with Gasteiger partial charge < -0.3 is 5.32 Å². The van der Waals surface area contributed by atoms with Crippen LogP contribution in [0.15, 0.2) is 24.3 Å². The zero-order valence-electron chi connectivity index (χ0n) is 12.4. The fraction of sp³-hybridized carbons (Fsp3) is 0.600. The Kier molecular flexibility index (Phi) is 4.19. The summed E-state index contributed by atoms with van der Waals surface area (Å²) in [6.45, 7) is 8.60. The lowest BCUT2D eigenvalue weighted by atomic mass is 10.0. The average Bonchev–Trinajstić information content (AvgIpc) is 2.46. The van der Waals surface area contributed by atoms with Crippen LogP contribution >= 0.6 is 0 Å². The molecule has 1 aromatic rings. The van der Waals surface area contributed by atoms with Crippen LogP contribution < -0.4 is 5.32 Å². The van der Waals surface area contributed by atoms with Crippen LogP contribution in [0.25, 0.3) is 0 Å². The summed E-state index contributed by atoms with van der Waals surface area (Å²) in [6.07, 6.45) is 0. The first-order valence-electron chi connectivity index (χ1n) is 7.58. The third-order valence-electron chi connectivity index (χ3n) is 4.74. The van der Waals surface area contributed by atoms with E-state index in [2.05, 4.69) is 22.0 Å². The van der Waals surface area contributed by atoms with Gasteiger partial charge in [0.25, 0.3) is 5.69 Å². The van der Waals surface area contributed by atoms with E-state index < -0.39 is 0 Å². The van der Waals surface area contributed by atoms with Crippen LogP contribution in [0, 0.1) is 10.1 Å². The van der Waals surface area contributed by atoms with Crippen molar-refractivity contribution in [3.63, 3.8) is 0 Å². The van der Waals surface area contributed by atoms with Crippen molar-refractivity contribution in [2.45, 2.75) is 19.0 Å². The van der Waals surface area contributed by atoms with E-state index in [0.717, 1.165) is 44.8 Å². The Balaban J connectivity index is 1.61. The highest BCUT2D eigenvalue weighted by atomic mass is 16.6. The fourth-order valence-electron chi connectivity index (χ4n) is 3.13. The second-order valence-corrected chi connectivity index (χ2v) is 5.91. The van der Waals surface area contributed by atoms with E-state index in [-0.39, 0.29) is 16.7 Å². The van der Waals surface area contributed by atoms with E-state index in [0.29, 0.717) is 6.04 Å². The number of non-ortho nitro benzene ring substituents is 1. The molecule has 1 aromatic carbocycles. The molecule has 1 N–H and O–H groups in total. The Labute approximate surface area is 124 Å². The number of piperazine rings is 1. The third kappa shape index (κ3) is 3.07. The molecule has 0 aliphatic carbocycles. The number of benzene rings is 1. The van der Waals surface area contributed by atoms with Gasteiger partial charge in [0.05, 0.1) is 4.92 Å². The first kappa shape index (κ1) is 14.4. The van der Waals surface area contributed by atoms with Crippen LogP contribution in [0.2, 0.25) is 0 Å². The molecule has 2 aliphatic heterocycles. The standard InChI is InChI=1S/C15H22N4O2/c1-12(13-3-2-4-14(9-13)19(20)21)17-5-7-18(8-6-17)15-10-16-11-15/h2-4,9,12,15-16H,5-8,10-11H2,1H3. The van der Waals surface area contributed by atoms with E-state index in [1.165, 1.54) is 0 Å². The van der Waals surface area contributed by atoms with Crippen molar-refractivity contribution >= 4 is 5.69 Å². The lowest BCUT2D eigenvalue weighted by Gasteiger charge is -2.44. The minimum atomic E-state index is -0.322. The van der Waals surface area contributed by atoms with Crippen LogP contribution in [0.3, 0.4) is 0 Å². The lowest BCUT2D eigenvalue weighted by Crippen LogP contribution is -2.61. The number of nitro groups is 1. The molecule has 0 spiro atoms. The van der Waals surface area contributed by atoms with Crippen molar-refractivity contribution in [2.75, 3.05) is 39.3 Å². The zero-order valence-corrected chi connectivity index (χ0v) is 12.4. The molecule has 2 heterocycles. The molecule has 2 fully saturated rings. The second-order valence-electron chi connectivity index (χ2n) is 5.91. The van der Waals surface area contributed by atoms with Crippen LogP contribution in [0.5, 0.6) is 0 Å². The minimum absolute atomic E-state index is 0.179. The maximum absolute atomic E-state index is 10.9. The van der Waals surface area contributed by atoms with Crippen molar-refractivity contribution in [3.05, 3.63) is 39.9 Å². The Hall–Kier alpha value is -1.50. The molecule has 0 aromatic heterocycles. The number of hydrogen-bond acceptors (Lipinski definition) is 5. The fourth-order valence-corrected chi connectivity index (χ4v) is 3.13. The summed E-state index contributed by atoms with van der Waals surface area (Å²) < 4.78 is 0. The monoisotopic (exact) mass is 290 g/mol. The summed E-state index contributed by atoms with van der Waals surface area (Å²) in [5, 5.41) is 14.2. The molecule has 21 heavy (non-hydrogen) atoms. The van der Waals surface area contributed by atoms with E-state index in [4.69, 9.17) is 0 Å². The van der Waals surface area contributed by atoms with Crippen LogP contribution in [-0.2, 0) is 0 Å². The lowest BCUT2D eigenvalue weighted by molar-refractivity contribution is -0.385. The summed E-state index contributed by atoms with van der Waals surface area (Å²) in [5.74, 6) is 0. The van der Waals surface area contributed by atoms with Crippen molar-refractivity contribution < 1.29 is 4.92 Å². The Morgan fingerprint density at radius 2 is 2.00 bits per heavy atom. The Bertz CT molecular complexity index is 510. The van der Waals surface area contributed by atoms with Gasteiger partial charge in [-0.25, -0.2) is 0 Å². The largest absolute Gasteiger partial charge is 0.314 e. The molecule has 0 amide bonds. The molecular weight excluding hydrogens is 268 g/mol. The summed E-state index contributed by atoms with van der Waals surface area (Å²) in [7, 11) is 0. The normalized spacial score (nSPS) is 22.7. The van der Waals surface area contributed by atoms with Gasteiger partial charge in [0, 0.05) is 63.5 Å². The van der Waals surface area contributed by atoms with Crippen molar-refractivity contribution in [1.82, 2.24) is 15.1 Å². The average molecular weight is 290 g/mol. The quantitative estimate of drug-likeness (QED) is 0.668. The molecule has 2 saturated heterocycles. The molecule has 6 heteroatoms.